The molecule has 2 nitrogen and oxygen atoms in total. The van der Waals surface area contributed by atoms with Crippen LogP contribution in [0.2, 0.25) is 0 Å². The number of thiazole rings is 1. The average molecular weight is 217 g/mol. The Bertz CT molecular complexity index is 409. The van der Waals surface area contributed by atoms with Crippen LogP contribution in [0.4, 0.5) is 0 Å². The van der Waals surface area contributed by atoms with E-state index in [-0.39, 0.29) is 0 Å². The maximum Gasteiger partial charge on any atom is 0.142 e. The highest BCUT2D eigenvalue weighted by molar-refractivity contribution is 7.13. The third kappa shape index (κ3) is 2.63. The van der Waals surface area contributed by atoms with Gasteiger partial charge in [-0.15, -0.1) is 11.3 Å². The highest BCUT2D eigenvalue weighted by Crippen LogP contribution is 2.21. The molecule has 2 aromatic heterocycles. The van der Waals surface area contributed by atoms with Gasteiger partial charge in [0, 0.05) is 11.6 Å². The number of rotatable bonds is 4. The van der Waals surface area contributed by atoms with Crippen molar-refractivity contribution in [3.63, 3.8) is 0 Å². The van der Waals surface area contributed by atoms with Gasteiger partial charge in [0.2, 0.25) is 0 Å². The minimum absolute atomic E-state index is 0.961. The van der Waals surface area contributed by atoms with Gasteiger partial charge in [-0.1, -0.05) is 19.4 Å². The monoisotopic (exact) mass is 217 g/mol. The molecule has 0 N–H and O–H groups in total. The van der Waals surface area contributed by atoms with Gasteiger partial charge in [0.05, 0.1) is 11.4 Å². The van der Waals surface area contributed by atoms with Crippen LogP contribution in [0.25, 0.3) is 10.7 Å². The lowest BCUT2D eigenvalue weighted by Gasteiger charge is -1.93. The van der Waals surface area contributed by atoms with Gasteiger partial charge in [-0.2, -0.15) is 0 Å². The van der Waals surface area contributed by atoms with Gasteiger partial charge in [0.1, 0.15) is 5.01 Å². The SMILES string of the molecule is [CH2]CCCc1csc(-c2ccccn2)n1. The fourth-order valence-corrected chi connectivity index (χ4v) is 2.16. The molecule has 1 radical (unpaired) electrons. The molecule has 0 spiro atoms. The van der Waals surface area contributed by atoms with E-state index in [0.717, 1.165) is 35.7 Å². The number of aromatic nitrogens is 2. The molecule has 0 aromatic carbocycles. The Balaban J connectivity index is 2.14. The summed E-state index contributed by atoms with van der Waals surface area (Å²) in [5, 5.41) is 3.12. The smallest absolute Gasteiger partial charge is 0.142 e. The Morgan fingerprint density at radius 1 is 1.33 bits per heavy atom. The number of unbranched alkanes of at least 4 members (excludes halogenated alkanes) is 1. The summed E-state index contributed by atoms with van der Waals surface area (Å²) in [5.41, 5.74) is 2.12. The van der Waals surface area contributed by atoms with Crippen molar-refractivity contribution in [3.05, 3.63) is 42.4 Å². The number of pyridine rings is 1. The summed E-state index contributed by atoms with van der Waals surface area (Å²) in [6, 6.07) is 5.89. The third-order valence-electron chi connectivity index (χ3n) is 2.12. The largest absolute Gasteiger partial charge is 0.254 e. The normalized spacial score (nSPS) is 10.5. The van der Waals surface area contributed by atoms with E-state index in [1.165, 1.54) is 0 Å². The lowest BCUT2D eigenvalue weighted by molar-refractivity contribution is 0.823. The molecular formula is C12H13N2S. The molecular weight excluding hydrogens is 204 g/mol. The van der Waals surface area contributed by atoms with Crippen LogP contribution in [0.3, 0.4) is 0 Å². The first kappa shape index (κ1) is 10.3. The first-order valence-corrected chi connectivity index (χ1v) is 5.93. The first-order valence-electron chi connectivity index (χ1n) is 5.05. The van der Waals surface area contributed by atoms with Crippen molar-refractivity contribution >= 4 is 11.3 Å². The van der Waals surface area contributed by atoms with Gasteiger partial charge >= 0.3 is 0 Å². The minimum atomic E-state index is 0.961. The highest BCUT2D eigenvalue weighted by atomic mass is 32.1. The van der Waals surface area contributed by atoms with Crippen LogP contribution in [0.1, 0.15) is 18.5 Å². The molecule has 0 aliphatic carbocycles. The molecule has 0 atom stereocenters. The second kappa shape index (κ2) is 5.03. The van der Waals surface area contributed by atoms with Crippen LogP contribution in [-0.4, -0.2) is 9.97 Å². The lowest BCUT2D eigenvalue weighted by atomic mass is 10.2. The van der Waals surface area contributed by atoms with Gasteiger partial charge in [0.25, 0.3) is 0 Å². The third-order valence-corrected chi connectivity index (χ3v) is 3.03. The fourth-order valence-electron chi connectivity index (χ4n) is 1.33. The topological polar surface area (TPSA) is 25.8 Å². The Kier molecular flexibility index (Phi) is 3.45. The van der Waals surface area contributed by atoms with Crippen LogP contribution in [-0.2, 0) is 6.42 Å². The summed E-state index contributed by atoms with van der Waals surface area (Å²) in [6.45, 7) is 3.83. The zero-order valence-corrected chi connectivity index (χ0v) is 9.33. The molecule has 0 saturated heterocycles. The number of nitrogens with zero attached hydrogens (tertiary/aromatic N) is 2. The molecule has 0 amide bonds. The summed E-state index contributed by atoms with van der Waals surface area (Å²) < 4.78 is 0. The van der Waals surface area contributed by atoms with Crippen molar-refractivity contribution < 1.29 is 0 Å². The lowest BCUT2D eigenvalue weighted by Crippen LogP contribution is -1.85. The maximum absolute atomic E-state index is 4.55. The summed E-state index contributed by atoms with van der Waals surface area (Å²) in [6.07, 6.45) is 4.89. The quantitative estimate of drug-likeness (QED) is 0.784. The molecule has 0 bridgehead atoms. The molecule has 3 heteroatoms. The molecule has 77 valence electrons. The van der Waals surface area contributed by atoms with E-state index in [4.69, 9.17) is 0 Å². The minimum Gasteiger partial charge on any atom is -0.254 e. The Hall–Kier alpha value is -1.22. The van der Waals surface area contributed by atoms with Gasteiger partial charge < -0.3 is 0 Å². The average Bonchev–Trinajstić information content (AvgIpc) is 2.76. The first-order chi connectivity index (χ1) is 7.40. The van der Waals surface area contributed by atoms with Crippen LogP contribution in [0.5, 0.6) is 0 Å². The van der Waals surface area contributed by atoms with Crippen LogP contribution in [0, 0.1) is 6.92 Å². The van der Waals surface area contributed by atoms with E-state index in [2.05, 4.69) is 22.3 Å². The van der Waals surface area contributed by atoms with Crippen molar-refractivity contribution in [2.75, 3.05) is 0 Å². The maximum atomic E-state index is 4.55. The Morgan fingerprint density at radius 3 is 3.00 bits per heavy atom. The van der Waals surface area contributed by atoms with Crippen LogP contribution in [0.15, 0.2) is 29.8 Å². The van der Waals surface area contributed by atoms with Crippen molar-refractivity contribution in [1.29, 1.82) is 0 Å². The van der Waals surface area contributed by atoms with E-state index in [9.17, 15) is 0 Å². The second-order valence-electron chi connectivity index (χ2n) is 3.32. The number of hydrogen-bond acceptors (Lipinski definition) is 3. The second-order valence-corrected chi connectivity index (χ2v) is 4.17. The Morgan fingerprint density at radius 2 is 2.27 bits per heavy atom. The van der Waals surface area contributed by atoms with E-state index >= 15 is 0 Å². The number of hydrogen-bond donors (Lipinski definition) is 0. The van der Waals surface area contributed by atoms with Crippen molar-refractivity contribution in [3.8, 4) is 10.7 Å². The predicted molar refractivity (Wildman–Crippen MR) is 63.6 cm³/mol. The molecule has 2 heterocycles. The number of aryl methyl sites for hydroxylation is 1. The van der Waals surface area contributed by atoms with Crippen molar-refractivity contribution in [2.24, 2.45) is 0 Å². The van der Waals surface area contributed by atoms with E-state index in [1.807, 2.05) is 18.2 Å². The zero-order chi connectivity index (χ0) is 10.5. The Labute approximate surface area is 94.0 Å². The van der Waals surface area contributed by atoms with Crippen LogP contribution >= 0.6 is 11.3 Å². The molecule has 15 heavy (non-hydrogen) atoms. The van der Waals surface area contributed by atoms with E-state index in [0.29, 0.717) is 0 Å². The molecule has 0 fully saturated rings. The van der Waals surface area contributed by atoms with Gasteiger partial charge in [-0.05, 0) is 25.0 Å². The van der Waals surface area contributed by atoms with E-state index < -0.39 is 0 Å². The summed E-state index contributed by atoms with van der Waals surface area (Å²) >= 11 is 1.66. The molecule has 0 saturated carbocycles. The zero-order valence-electron chi connectivity index (χ0n) is 8.52. The molecule has 0 aliphatic rings. The van der Waals surface area contributed by atoms with Crippen molar-refractivity contribution in [2.45, 2.75) is 19.3 Å². The highest BCUT2D eigenvalue weighted by Gasteiger charge is 2.04. The predicted octanol–water partition coefficient (Wildman–Crippen LogP) is 3.36. The molecule has 0 unspecified atom stereocenters. The summed E-state index contributed by atoms with van der Waals surface area (Å²) in [4.78, 5) is 8.82. The van der Waals surface area contributed by atoms with Gasteiger partial charge in [-0.25, -0.2) is 4.98 Å². The van der Waals surface area contributed by atoms with E-state index in [1.54, 1.807) is 17.5 Å². The van der Waals surface area contributed by atoms with Gasteiger partial charge in [-0.3, -0.25) is 4.98 Å². The molecule has 2 aromatic rings. The van der Waals surface area contributed by atoms with Gasteiger partial charge in [0.15, 0.2) is 0 Å². The summed E-state index contributed by atoms with van der Waals surface area (Å²) in [7, 11) is 0. The molecule has 0 aliphatic heterocycles. The summed E-state index contributed by atoms with van der Waals surface area (Å²) in [5.74, 6) is 0. The molecule has 2 rings (SSSR count). The van der Waals surface area contributed by atoms with Crippen LogP contribution < -0.4 is 0 Å². The standard InChI is InChI=1S/C12H13N2S/c1-2-3-6-10-9-15-12(14-10)11-7-4-5-8-13-11/h4-5,7-9H,1-3,6H2. The van der Waals surface area contributed by atoms with Crippen molar-refractivity contribution in [1.82, 2.24) is 9.97 Å². The fraction of sp³-hybridized carbons (Fsp3) is 0.250.